The van der Waals surface area contributed by atoms with Crippen molar-refractivity contribution in [3.63, 3.8) is 0 Å². The van der Waals surface area contributed by atoms with Gasteiger partial charge in [-0.15, -0.1) is 0 Å². The number of aryl methyl sites for hydroxylation is 1. The summed E-state index contributed by atoms with van der Waals surface area (Å²) in [6, 6.07) is 1.62. The molecule has 3 rings (SSSR count). The van der Waals surface area contributed by atoms with Crippen LogP contribution in [0.1, 0.15) is 29.7 Å². The van der Waals surface area contributed by atoms with Crippen molar-refractivity contribution in [1.82, 2.24) is 15.0 Å². The van der Waals surface area contributed by atoms with Gasteiger partial charge >= 0.3 is 0 Å². The van der Waals surface area contributed by atoms with Crippen LogP contribution in [0, 0.1) is 12.8 Å². The number of aromatic nitrogens is 3. The Morgan fingerprint density at radius 1 is 1.36 bits per heavy atom. The van der Waals surface area contributed by atoms with Crippen molar-refractivity contribution in [3.8, 4) is 0 Å². The van der Waals surface area contributed by atoms with Crippen molar-refractivity contribution in [2.24, 2.45) is 5.92 Å². The van der Waals surface area contributed by atoms with Gasteiger partial charge in [0, 0.05) is 36.1 Å². The van der Waals surface area contributed by atoms with E-state index in [1.165, 1.54) is 0 Å². The van der Waals surface area contributed by atoms with Gasteiger partial charge in [0.1, 0.15) is 5.15 Å². The number of halogens is 1. The molecule has 0 aromatic carbocycles. The lowest BCUT2D eigenvalue weighted by molar-refractivity contribution is -0.117. The summed E-state index contributed by atoms with van der Waals surface area (Å²) < 4.78 is 0. The molecule has 0 radical (unpaired) electrons. The second kappa shape index (κ2) is 5.88. The monoisotopic (exact) mass is 317 g/mol. The van der Waals surface area contributed by atoms with Gasteiger partial charge in [0.15, 0.2) is 0 Å². The third-order valence-corrected chi connectivity index (χ3v) is 3.84. The SMILES string of the molecule is Cc1nc(NC(=O)C2CC2)ncc1Cc1cnc(Cl)cc1N. The zero-order valence-electron chi connectivity index (χ0n) is 12.1. The first-order chi connectivity index (χ1) is 10.5. The predicted octanol–water partition coefficient (Wildman–Crippen LogP) is 2.35. The quantitative estimate of drug-likeness (QED) is 0.844. The minimum absolute atomic E-state index is 0.00158. The normalized spacial score (nSPS) is 13.9. The maximum atomic E-state index is 11.7. The van der Waals surface area contributed by atoms with E-state index in [1.54, 1.807) is 18.5 Å². The van der Waals surface area contributed by atoms with Crippen LogP contribution in [0.25, 0.3) is 0 Å². The number of amides is 1. The molecule has 0 unspecified atom stereocenters. The lowest BCUT2D eigenvalue weighted by Gasteiger charge is -2.09. The first-order valence-corrected chi connectivity index (χ1v) is 7.44. The number of pyridine rings is 1. The highest BCUT2D eigenvalue weighted by Gasteiger charge is 2.30. The zero-order chi connectivity index (χ0) is 15.7. The Labute approximate surface area is 133 Å². The number of carbonyl (C=O) groups excluding carboxylic acids is 1. The molecule has 22 heavy (non-hydrogen) atoms. The van der Waals surface area contributed by atoms with Crippen LogP contribution < -0.4 is 11.1 Å². The van der Waals surface area contributed by atoms with E-state index in [9.17, 15) is 4.79 Å². The Balaban J connectivity index is 1.75. The molecule has 7 heteroatoms. The van der Waals surface area contributed by atoms with Crippen LogP contribution in [0.2, 0.25) is 5.15 Å². The second-order valence-electron chi connectivity index (χ2n) is 5.45. The topological polar surface area (TPSA) is 93.8 Å². The van der Waals surface area contributed by atoms with Gasteiger partial charge in [-0.25, -0.2) is 15.0 Å². The lowest BCUT2D eigenvalue weighted by Crippen LogP contribution is -2.16. The fourth-order valence-corrected chi connectivity index (χ4v) is 2.28. The molecule has 1 aliphatic carbocycles. The second-order valence-corrected chi connectivity index (χ2v) is 5.84. The van der Waals surface area contributed by atoms with Crippen LogP contribution in [0.5, 0.6) is 0 Å². The minimum Gasteiger partial charge on any atom is -0.398 e. The number of hydrogen-bond acceptors (Lipinski definition) is 5. The van der Waals surface area contributed by atoms with Crippen molar-refractivity contribution in [2.45, 2.75) is 26.2 Å². The summed E-state index contributed by atoms with van der Waals surface area (Å²) >= 11 is 5.80. The Bertz CT molecular complexity index is 730. The lowest BCUT2D eigenvalue weighted by atomic mass is 10.1. The molecule has 0 bridgehead atoms. The summed E-state index contributed by atoms with van der Waals surface area (Å²) in [6.45, 7) is 1.88. The smallest absolute Gasteiger partial charge is 0.229 e. The van der Waals surface area contributed by atoms with Crippen LogP contribution in [-0.4, -0.2) is 20.9 Å². The first kappa shape index (κ1) is 14.7. The van der Waals surface area contributed by atoms with Gasteiger partial charge in [-0.05, 0) is 37.0 Å². The zero-order valence-corrected chi connectivity index (χ0v) is 12.9. The molecule has 1 fully saturated rings. The molecule has 0 aliphatic heterocycles. The van der Waals surface area contributed by atoms with Crippen molar-refractivity contribution in [1.29, 1.82) is 0 Å². The Kier molecular flexibility index (Phi) is 3.94. The molecule has 2 aromatic rings. The molecular weight excluding hydrogens is 302 g/mol. The number of nitrogen functional groups attached to an aromatic ring is 1. The summed E-state index contributed by atoms with van der Waals surface area (Å²) in [4.78, 5) is 24.3. The van der Waals surface area contributed by atoms with Gasteiger partial charge in [0.2, 0.25) is 11.9 Å². The number of carbonyl (C=O) groups is 1. The van der Waals surface area contributed by atoms with E-state index in [1.807, 2.05) is 6.92 Å². The van der Waals surface area contributed by atoms with Crippen LogP contribution in [-0.2, 0) is 11.2 Å². The maximum Gasteiger partial charge on any atom is 0.229 e. The Morgan fingerprint density at radius 2 is 2.09 bits per heavy atom. The Hall–Kier alpha value is -2.21. The van der Waals surface area contributed by atoms with E-state index in [0.717, 1.165) is 29.7 Å². The predicted molar refractivity (Wildman–Crippen MR) is 84.6 cm³/mol. The molecular formula is C15H16ClN5O. The summed E-state index contributed by atoms with van der Waals surface area (Å²) in [6.07, 6.45) is 5.83. The molecule has 3 N–H and O–H groups in total. The average Bonchev–Trinajstić information content (AvgIpc) is 3.29. The molecule has 2 aromatic heterocycles. The summed E-state index contributed by atoms with van der Waals surface area (Å²) in [5.41, 5.74) is 9.12. The van der Waals surface area contributed by atoms with Gasteiger partial charge < -0.3 is 5.73 Å². The van der Waals surface area contributed by atoms with E-state index < -0.39 is 0 Å². The van der Waals surface area contributed by atoms with Crippen LogP contribution in [0.15, 0.2) is 18.5 Å². The molecule has 0 spiro atoms. The summed E-state index contributed by atoms with van der Waals surface area (Å²) in [5.74, 6) is 0.474. The molecule has 1 amide bonds. The van der Waals surface area contributed by atoms with Crippen molar-refractivity contribution in [3.05, 3.63) is 40.4 Å². The van der Waals surface area contributed by atoms with Crippen LogP contribution in [0.4, 0.5) is 11.6 Å². The molecule has 114 valence electrons. The van der Waals surface area contributed by atoms with Gasteiger partial charge in [-0.3, -0.25) is 10.1 Å². The maximum absolute atomic E-state index is 11.7. The largest absolute Gasteiger partial charge is 0.398 e. The van der Waals surface area contributed by atoms with Crippen molar-refractivity contribution >= 4 is 29.1 Å². The van der Waals surface area contributed by atoms with E-state index in [0.29, 0.717) is 23.2 Å². The number of nitrogens with one attached hydrogen (secondary N) is 1. The van der Waals surface area contributed by atoms with Crippen LogP contribution >= 0.6 is 11.6 Å². The van der Waals surface area contributed by atoms with E-state index in [2.05, 4.69) is 20.3 Å². The number of rotatable bonds is 4. The average molecular weight is 318 g/mol. The standard InChI is InChI=1S/C15H16ClN5O/c1-8-10(4-11-7-18-13(16)5-12(11)17)6-19-15(20-8)21-14(22)9-2-3-9/h5-7,9H,2-4H2,1H3,(H2,17,18)(H,19,20,21,22). The van der Waals surface area contributed by atoms with Gasteiger partial charge in [-0.1, -0.05) is 11.6 Å². The third-order valence-electron chi connectivity index (χ3n) is 3.63. The highest BCUT2D eigenvalue weighted by Crippen LogP contribution is 2.29. The van der Waals surface area contributed by atoms with Gasteiger partial charge in [0.25, 0.3) is 0 Å². The van der Waals surface area contributed by atoms with Gasteiger partial charge in [0.05, 0.1) is 0 Å². The third kappa shape index (κ3) is 3.33. The fraction of sp³-hybridized carbons (Fsp3) is 0.333. The number of hydrogen-bond donors (Lipinski definition) is 2. The highest BCUT2D eigenvalue weighted by molar-refractivity contribution is 6.29. The number of nitrogens with two attached hydrogens (primary N) is 1. The molecule has 1 saturated carbocycles. The van der Waals surface area contributed by atoms with Crippen LogP contribution in [0.3, 0.4) is 0 Å². The van der Waals surface area contributed by atoms with Crippen molar-refractivity contribution < 1.29 is 4.79 Å². The molecule has 1 aliphatic rings. The number of nitrogens with zero attached hydrogens (tertiary/aromatic N) is 3. The van der Waals surface area contributed by atoms with E-state index in [4.69, 9.17) is 17.3 Å². The fourth-order valence-electron chi connectivity index (χ4n) is 2.11. The van der Waals surface area contributed by atoms with E-state index in [-0.39, 0.29) is 11.8 Å². The Morgan fingerprint density at radius 3 is 2.73 bits per heavy atom. The number of anilines is 2. The first-order valence-electron chi connectivity index (χ1n) is 7.06. The minimum atomic E-state index is -0.00158. The molecule has 6 nitrogen and oxygen atoms in total. The molecule has 0 atom stereocenters. The van der Waals surface area contributed by atoms with E-state index >= 15 is 0 Å². The molecule has 2 heterocycles. The summed E-state index contributed by atoms with van der Waals surface area (Å²) in [5, 5.41) is 3.11. The van der Waals surface area contributed by atoms with Crippen molar-refractivity contribution in [2.75, 3.05) is 11.1 Å². The molecule has 0 saturated heterocycles. The summed E-state index contributed by atoms with van der Waals surface area (Å²) in [7, 11) is 0. The highest BCUT2D eigenvalue weighted by atomic mass is 35.5. The van der Waals surface area contributed by atoms with Gasteiger partial charge in [-0.2, -0.15) is 0 Å².